The van der Waals surface area contributed by atoms with Gasteiger partial charge < -0.3 is 23.9 Å². The molecule has 0 radical (unpaired) electrons. The Morgan fingerprint density at radius 1 is 1.10 bits per heavy atom. The number of furan rings is 1. The van der Waals surface area contributed by atoms with Gasteiger partial charge in [-0.3, -0.25) is 9.59 Å². The van der Waals surface area contributed by atoms with E-state index in [4.69, 9.17) is 25.5 Å². The van der Waals surface area contributed by atoms with Gasteiger partial charge in [0.25, 0.3) is 5.91 Å². The van der Waals surface area contributed by atoms with Gasteiger partial charge in [-0.1, -0.05) is 35.9 Å². The van der Waals surface area contributed by atoms with Crippen LogP contribution in [0.25, 0.3) is 11.0 Å². The summed E-state index contributed by atoms with van der Waals surface area (Å²) in [6.45, 7) is 3.99. The summed E-state index contributed by atoms with van der Waals surface area (Å²) in [4.78, 5) is 28.7. The molecule has 1 unspecified atom stereocenters. The summed E-state index contributed by atoms with van der Waals surface area (Å²) in [5, 5.41) is 12.0. The predicted molar refractivity (Wildman–Crippen MR) is 149 cm³/mol. The highest BCUT2D eigenvalue weighted by atomic mass is 35.5. The van der Waals surface area contributed by atoms with E-state index in [1.165, 1.54) is 30.2 Å². The number of aliphatic hydroxyl groups excluding tert-OH is 1. The maximum Gasteiger partial charge on any atom is 0.290 e. The first-order valence-electron chi connectivity index (χ1n) is 12.7. The summed E-state index contributed by atoms with van der Waals surface area (Å²) in [5.41, 5.74) is 1.62. The van der Waals surface area contributed by atoms with E-state index in [0.29, 0.717) is 39.5 Å². The number of hydrogen-bond acceptors (Lipinski definition) is 6. The minimum absolute atomic E-state index is 0.0363. The van der Waals surface area contributed by atoms with Crippen molar-refractivity contribution >= 4 is 34.3 Å². The van der Waals surface area contributed by atoms with Crippen LogP contribution in [0.15, 0.2) is 82.5 Å². The van der Waals surface area contributed by atoms with E-state index in [9.17, 15) is 19.1 Å². The van der Waals surface area contributed by atoms with Crippen molar-refractivity contribution in [1.82, 2.24) is 4.90 Å². The summed E-state index contributed by atoms with van der Waals surface area (Å²) in [6, 6.07) is 16.8. The highest BCUT2D eigenvalue weighted by molar-refractivity contribution is 6.31. The molecule has 0 spiro atoms. The SMILES string of the molecule is COc1cc(Cl)cc2cc(C(=O)C3=C(O)C(=O)N(CCc4ccc(F)cc4)C3c3ccc(OC(C)C)cc3)oc12. The summed E-state index contributed by atoms with van der Waals surface area (Å²) in [5.74, 6) is -1.44. The Morgan fingerprint density at radius 2 is 1.80 bits per heavy atom. The van der Waals surface area contributed by atoms with Gasteiger partial charge in [-0.2, -0.15) is 0 Å². The second-order valence-corrected chi connectivity index (χ2v) is 10.2. The molecule has 0 fully saturated rings. The zero-order valence-corrected chi connectivity index (χ0v) is 22.9. The molecule has 9 heteroatoms. The molecular formula is C31H27ClFNO6. The molecule has 2 heterocycles. The Bertz CT molecular complexity index is 1610. The third-order valence-corrected chi connectivity index (χ3v) is 6.88. The van der Waals surface area contributed by atoms with Crippen LogP contribution < -0.4 is 9.47 Å². The number of ketones is 1. The first kappa shape index (κ1) is 27.3. The van der Waals surface area contributed by atoms with E-state index in [1.807, 2.05) is 13.8 Å². The Morgan fingerprint density at radius 3 is 2.45 bits per heavy atom. The van der Waals surface area contributed by atoms with Crippen LogP contribution in [0.1, 0.15) is 41.6 Å². The first-order chi connectivity index (χ1) is 19.2. The van der Waals surface area contributed by atoms with Gasteiger partial charge in [0, 0.05) is 23.0 Å². The van der Waals surface area contributed by atoms with E-state index in [-0.39, 0.29) is 29.8 Å². The number of halogens is 2. The van der Waals surface area contributed by atoms with E-state index in [0.717, 1.165) is 5.56 Å². The molecule has 0 aliphatic carbocycles. The standard InChI is InChI=1S/C31H27ClFNO6/c1-17(2)39-23-10-6-19(7-11-23)27-26(28(35)24-15-20-14-21(32)16-25(38-3)30(20)40-24)29(36)31(37)34(27)13-12-18-4-8-22(33)9-5-18/h4-11,14-17,27,36H,12-13H2,1-3H3. The van der Waals surface area contributed by atoms with Crippen LogP contribution in [-0.2, 0) is 11.2 Å². The van der Waals surface area contributed by atoms with Crippen LogP contribution in [0, 0.1) is 5.82 Å². The van der Waals surface area contributed by atoms with Gasteiger partial charge in [0.15, 0.2) is 22.9 Å². The van der Waals surface area contributed by atoms with E-state index < -0.39 is 23.5 Å². The lowest BCUT2D eigenvalue weighted by Crippen LogP contribution is -2.33. The number of fused-ring (bicyclic) bond motifs is 1. The Kier molecular flexibility index (Phi) is 7.54. The third-order valence-electron chi connectivity index (χ3n) is 6.66. The van der Waals surface area contributed by atoms with Crippen molar-refractivity contribution in [2.45, 2.75) is 32.4 Å². The van der Waals surface area contributed by atoms with Gasteiger partial charge in [-0.05, 0) is 67.8 Å². The number of methoxy groups -OCH3 is 1. The van der Waals surface area contributed by atoms with E-state index >= 15 is 0 Å². The molecule has 7 nitrogen and oxygen atoms in total. The van der Waals surface area contributed by atoms with Gasteiger partial charge in [0.05, 0.1) is 24.8 Å². The number of aliphatic hydroxyl groups is 1. The van der Waals surface area contributed by atoms with Crippen LogP contribution in [-0.4, -0.2) is 41.5 Å². The highest BCUT2D eigenvalue weighted by Crippen LogP contribution is 2.41. The number of carbonyl (C=O) groups excluding carboxylic acids is 2. The molecule has 1 atom stereocenters. The molecular weight excluding hydrogens is 537 g/mol. The molecule has 1 aromatic heterocycles. The lowest BCUT2D eigenvalue weighted by molar-refractivity contribution is -0.129. The van der Waals surface area contributed by atoms with Crippen LogP contribution in [0.5, 0.6) is 11.5 Å². The number of amides is 1. The Labute approximate surface area is 235 Å². The fourth-order valence-electron chi connectivity index (χ4n) is 4.85. The maximum absolute atomic E-state index is 13.9. The normalized spacial score (nSPS) is 15.4. The van der Waals surface area contributed by atoms with Crippen LogP contribution in [0.4, 0.5) is 4.39 Å². The first-order valence-corrected chi connectivity index (χ1v) is 13.1. The smallest absolute Gasteiger partial charge is 0.290 e. The molecule has 3 aromatic carbocycles. The highest BCUT2D eigenvalue weighted by Gasteiger charge is 2.44. The molecule has 1 amide bonds. The number of hydrogen-bond donors (Lipinski definition) is 1. The summed E-state index contributed by atoms with van der Waals surface area (Å²) < 4.78 is 30.4. The summed E-state index contributed by atoms with van der Waals surface area (Å²) in [7, 11) is 1.46. The maximum atomic E-state index is 13.9. The monoisotopic (exact) mass is 563 g/mol. The molecule has 0 saturated carbocycles. The predicted octanol–water partition coefficient (Wildman–Crippen LogP) is 6.84. The van der Waals surface area contributed by atoms with Gasteiger partial charge in [0.1, 0.15) is 11.6 Å². The molecule has 4 aromatic rings. The molecule has 0 saturated heterocycles. The minimum atomic E-state index is -0.896. The number of Topliss-reactive ketones (excluding diaryl/α,β-unsaturated/α-hetero) is 1. The van der Waals surface area contributed by atoms with Crippen molar-refractivity contribution in [2.24, 2.45) is 0 Å². The molecule has 5 rings (SSSR count). The summed E-state index contributed by atoms with van der Waals surface area (Å²) in [6.07, 6.45) is 0.345. The van der Waals surface area contributed by atoms with Crippen molar-refractivity contribution in [3.8, 4) is 11.5 Å². The lowest BCUT2D eigenvalue weighted by atomic mass is 9.94. The van der Waals surface area contributed by atoms with Crippen molar-refractivity contribution in [3.63, 3.8) is 0 Å². The number of ether oxygens (including phenoxy) is 2. The minimum Gasteiger partial charge on any atom is -0.503 e. The van der Waals surface area contributed by atoms with Gasteiger partial charge in [-0.25, -0.2) is 4.39 Å². The van der Waals surface area contributed by atoms with E-state index in [2.05, 4.69) is 0 Å². The lowest BCUT2D eigenvalue weighted by Gasteiger charge is -2.27. The second kappa shape index (κ2) is 11.1. The topological polar surface area (TPSA) is 89.2 Å². The van der Waals surface area contributed by atoms with Crippen molar-refractivity contribution < 1.29 is 33.0 Å². The van der Waals surface area contributed by atoms with E-state index in [1.54, 1.807) is 48.5 Å². The largest absolute Gasteiger partial charge is 0.503 e. The zero-order valence-electron chi connectivity index (χ0n) is 22.1. The average Bonchev–Trinajstić information content (AvgIpc) is 3.46. The van der Waals surface area contributed by atoms with Gasteiger partial charge in [0.2, 0.25) is 5.78 Å². The molecule has 1 aliphatic rings. The Hall–Kier alpha value is -4.30. The molecule has 1 N–H and O–H groups in total. The fourth-order valence-corrected chi connectivity index (χ4v) is 5.06. The van der Waals surface area contributed by atoms with Crippen LogP contribution in [0.2, 0.25) is 5.02 Å². The molecule has 206 valence electrons. The second-order valence-electron chi connectivity index (χ2n) is 9.74. The third kappa shape index (κ3) is 5.27. The number of carbonyl (C=O) groups is 2. The van der Waals surface area contributed by atoms with Gasteiger partial charge in [-0.15, -0.1) is 0 Å². The van der Waals surface area contributed by atoms with Crippen LogP contribution in [0.3, 0.4) is 0 Å². The van der Waals surface area contributed by atoms with Gasteiger partial charge >= 0.3 is 0 Å². The molecule has 0 bridgehead atoms. The quantitative estimate of drug-likeness (QED) is 0.224. The summed E-state index contributed by atoms with van der Waals surface area (Å²) >= 11 is 6.18. The van der Waals surface area contributed by atoms with Crippen molar-refractivity contribution in [1.29, 1.82) is 0 Å². The number of benzene rings is 3. The molecule has 40 heavy (non-hydrogen) atoms. The number of nitrogens with zero attached hydrogens (tertiary/aromatic N) is 1. The fraction of sp³-hybridized carbons (Fsp3) is 0.226. The molecule has 1 aliphatic heterocycles. The zero-order chi connectivity index (χ0) is 28.6. The average molecular weight is 564 g/mol. The van der Waals surface area contributed by atoms with Crippen molar-refractivity contribution in [2.75, 3.05) is 13.7 Å². The number of rotatable bonds is 9. The van der Waals surface area contributed by atoms with Crippen LogP contribution >= 0.6 is 11.6 Å². The Balaban J connectivity index is 1.54. The van der Waals surface area contributed by atoms with Crippen molar-refractivity contribution in [3.05, 3.63) is 106 Å².